The second kappa shape index (κ2) is 20.3. The fourth-order valence-electron chi connectivity index (χ4n) is 6.49. The van der Waals surface area contributed by atoms with Crippen molar-refractivity contribution >= 4 is 17.6 Å². The van der Waals surface area contributed by atoms with Gasteiger partial charge in [0.2, 0.25) is 0 Å². The topological polar surface area (TPSA) is 114 Å². The number of phenolic OH excluding ortho intramolecular Hbond substituents is 1. The van der Waals surface area contributed by atoms with E-state index in [1.807, 2.05) is 19.3 Å². The van der Waals surface area contributed by atoms with Gasteiger partial charge in [-0.2, -0.15) is 0 Å². The van der Waals surface area contributed by atoms with Crippen molar-refractivity contribution < 1.29 is 19.4 Å². The van der Waals surface area contributed by atoms with Gasteiger partial charge in [-0.1, -0.05) is 80.4 Å². The summed E-state index contributed by atoms with van der Waals surface area (Å²) in [6, 6.07) is 22.8. The molecule has 0 aromatic heterocycles. The Kier molecular flexibility index (Phi) is 15.5. The molecular weight excluding hydrogens is 622 g/mol. The minimum Gasteiger partial charge on any atom is -0.504 e. The highest BCUT2D eigenvalue weighted by Gasteiger charge is 2.17. The SMILES string of the molecule is CNC[C@H](C)CCCCCC(=O)CC(=O)/C=C/c1cc(OC)c(O)cc1CC1=CNC(N)C=C1CCc1cccc(CCc2ccccc2)c1. The van der Waals surface area contributed by atoms with E-state index in [4.69, 9.17) is 10.5 Å². The summed E-state index contributed by atoms with van der Waals surface area (Å²) in [7, 11) is 3.46. The Morgan fingerprint density at radius 1 is 0.940 bits per heavy atom. The molecule has 0 saturated carbocycles. The number of rotatable bonds is 21. The zero-order valence-corrected chi connectivity index (χ0v) is 30.0. The van der Waals surface area contributed by atoms with Crippen LogP contribution in [0.1, 0.15) is 79.7 Å². The number of dihydropyridines is 1. The van der Waals surface area contributed by atoms with Gasteiger partial charge in [-0.15, -0.1) is 0 Å². The minimum atomic E-state index is -0.285. The number of ether oxygens (including phenoxy) is 1. The fraction of sp³-hybridized carbons (Fsp3) is 0.395. The fourth-order valence-corrected chi connectivity index (χ4v) is 6.49. The first-order chi connectivity index (χ1) is 24.2. The number of carbonyl (C=O) groups excluding carboxylic acids is 2. The number of methoxy groups -OCH3 is 1. The molecule has 0 saturated heterocycles. The van der Waals surface area contributed by atoms with Crippen LogP contribution in [0.4, 0.5) is 0 Å². The molecule has 3 aromatic rings. The largest absolute Gasteiger partial charge is 0.504 e. The van der Waals surface area contributed by atoms with E-state index in [9.17, 15) is 14.7 Å². The summed E-state index contributed by atoms with van der Waals surface area (Å²) in [5, 5.41) is 17.1. The maximum absolute atomic E-state index is 12.8. The number of benzene rings is 3. The summed E-state index contributed by atoms with van der Waals surface area (Å²) in [5.41, 5.74) is 14.0. The average Bonchev–Trinajstić information content (AvgIpc) is 3.11. The van der Waals surface area contributed by atoms with E-state index in [-0.39, 0.29) is 29.9 Å². The van der Waals surface area contributed by atoms with E-state index in [0.717, 1.165) is 80.2 Å². The normalized spacial score (nSPS) is 14.9. The van der Waals surface area contributed by atoms with Gasteiger partial charge in [-0.05, 0) is 128 Å². The number of carbonyl (C=O) groups is 2. The van der Waals surface area contributed by atoms with E-state index in [1.165, 1.54) is 29.9 Å². The maximum atomic E-state index is 12.8. The molecule has 0 fully saturated rings. The predicted octanol–water partition coefficient (Wildman–Crippen LogP) is 7.41. The maximum Gasteiger partial charge on any atom is 0.163 e. The molecule has 3 aromatic carbocycles. The van der Waals surface area contributed by atoms with Crippen molar-refractivity contribution in [2.45, 2.75) is 83.7 Å². The third kappa shape index (κ3) is 12.8. The molecule has 0 amide bonds. The van der Waals surface area contributed by atoms with Gasteiger partial charge in [-0.25, -0.2) is 0 Å². The van der Waals surface area contributed by atoms with Crippen LogP contribution in [-0.4, -0.2) is 43.5 Å². The highest BCUT2D eigenvalue weighted by Crippen LogP contribution is 2.33. The summed E-state index contributed by atoms with van der Waals surface area (Å²) in [4.78, 5) is 25.3. The number of ketones is 2. The first-order valence-electron chi connectivity index (χ1n) is 18.0. The van der Waals surface area contributed by atoms with Gasteiger partial charge in [0.15, 0.2) is 17.3 Å². The smallest absolute Gasteiger partial charge is 0.163 e. The summed E-state index contributed by atoms with van der Waals surface area (Å²) < 4.78 is 5.39. The molecule has 2 atom stereocenters. The number of aryl methyl sites for hydroxylation is 3. The van der Waals surface area contributed by atoms with Crippen molar-refractivity contribution in [3.8, 4) is 11.5 Å². The van der Waals surface area contributed by atoms with Gasteiger partial charge >= 0.3 is 0 Å². The molecule has 4 rings (SSSR count). The molecule has 7 nitrogen and oxygen atoms in total. The lowest BCUT2D eigenvalue weighted by Gasteiger charge is -2.22. The third-order valence-electron chi connectivity index (χ3n) is 9.31. The van der Waals surface area contributed by atoms with Crippen LogP contribution in [0.2, 0.25) is 0 Å². The Hall–Kier alpha value is -4.46. The quantitative estimate of drug-likeness (QED) is 0.0528. The summed E-state index contributed by atoms with van der Waals surface area (Å²) in [5.74, 6) is 0.710. The van der Waals surface area contributed by atoms with Crippen LogP contribution in [-0.2, 0) is 35.3 Å². The highest BCUT2D eigenvalue weighted by molar-refractivity contribution is 6.06. The summed E-state index contributed by atoms with van der Waals surface area (Å²) in [6.07, 6.45) is 15.5. The Balaban J connectivity index is 1.37. The Morgan fingerprint density at radius 2 is 1.66 bits per heavy atom. The molecule has 50 heavy (non-hydrogen) atoms. The van der Waals surface area contributed by atoms with E-state index in [2.05, 4.69) is 72.2 Å². The molecule has 7 heteroatoms. The second-order valence-electron chi connectivity index (χ2n) is 13.5. The first kappa shape index (κ1) is 38.3. The van der Waals surface area contributed by atoms with Crippen LogP contribution in [0.25, 0.3) is 6.08 Å². The van der Waals surface area contributed by atoms with Crippen molar-refractivity contribution in [1.29, 1.82) is 0 Å². The van der Waals surface area contributed by atoms with E-state index >= 15 is 0 Å². The Bertz CT molecular complexity index is 1640. The lowest BCUT2D eigenvalue weighted by molar-refractivity contribution is -0.124. The number of phenols is 1. The number of hydrogen-bond acceptors (Lipinski definition) is 7. The van der Waals surface area contributed by atoms with E-state index < -0.39 is 0 Å². The van der Waals surface area contributed by atoms with Crippen molar-refractivity contribution in [3.05, 3.63) is 124 Å². The van der Waals surface area contributed by atoms with Crippen molar-refractivity contribution in [2.24, 2.45) is 11.7 Å². The molecule has 0 aliphatic carbocycles. The van der Waals surface area contributed by atoms with Crippen molar-refractivity contribution in [1.82, 2.24) is 10.6 Å². The standard InChI is InChI=1S/C43H55N3O4/c1-31(29-45-2)11-6-4-9-16-39(47)28-40(48)22-21-35-26-42(50-3)41(49)25-37(35)24-38-30-46-43(44)27-36(38)20-19-34-15-10-14-33(23-34)18-17-32-12-7-5-8-13-32/h5,7-8,10,12-15,21-23,25-27,30-31,43,45-46,49H,4,6,9,11,16-20,24,28-29,44H2,1-3H3/b22-21+/t31-,43?/m1/s1. The second-order valence-corrected chi connectivity index (χ2v) is 13.5. The Labute approximate surface area is 298 Å². The van der Waals surface area contributed by atoms with E-state index in [1.54, 1.807) is 18.2 Å². The van der Waals surface area contributed by atoms with E-state index in [0.29, 0.717) is 24.5 Å². The average molecular weight is 678 g/mol. The number of nitrogens with two attached hydrogens (primary N) is 1. The molecule has 0 spiro atoms. The molecule has 1 aliphatic rings. The number of Topliss-reactive ketones (excluding diaryl/α,β-unsaturated/α-hetero) is 1. The number of nitrogens with one attached hydrogen (secondary N) is 2. The highest BCUT2D eigenvalue weighted by atomic mass is 16.5. The predicted molar refractivity (Wildman–Crippen MR) is 204 cm³/mol. The monoisotopic (exact) mass is 677 g/mol. The van der Waals surface area contributed by atoms with Crippen LogP contribution in [0.5, 0.6) is 11.5 Å². The summed E-state index contributed by atoms with van der Waals surface area (Å²) in [6.45, 7) is 3.23. The molecular formula is C43H55N3O4. The van der Waals surface area contributed by atoms with Crippen LogP contribution in [0.3, 0.4) is 0 Å². The minimum absolute atomic E-state index is 0.0282. The number of unbranched alkanes of at least 4 members (excludes halogenated alkanes) is 2. The van der Waals surface area contributed by atoms with Crippen molar-refractivity contribution in [2.75, 3.05) is 20.7 Å². The van der Waals surface area contributed by atoms with Gasteiger partial charge in [0.1, 0.15) is 5.78 Å². The molecule has 1 aliphatic heterocycles. The molecule has 266 valence electrons. The van der Waals surface area contributed by atoms with Crippen LogP contribution in [0.15, 0.2) is 96.2 Å². The lowest BCUT2D eigenvalue weighted by atomic mass is 9.89. The van der Waals surface area contributed by atoms with Crippen LogP contribution in [0, 0.1) is 5.92 Å². The lowest BCUT2D eigenvalue weighted by Crippen LogP contribution is -2.35. The number of allylic oxidation sites excluding steroid dienone is 3. The molecule has 0 bridgehead atoms. The molecule has 5 N–H and O–H groups in total. The first-order valence-corrected chi connectivity index (χ1v) is 18.0. The molecule has 1 heterocycles. The number of hydrogen-bond donors (Lipinski definition) is 4. The molecule has 0 radical (unpaired) electrons. The van der Waals surface area contributed by atoms with Gasteiger partial charge < -0.3 is 26.2 Å². The van der Waals surface area contributed by atoms with Crippen LogP contribution >= 0.6 is 0 Å². The molecule has 1 unspecified atom stereocenters. The van der Waals surface area contributed by atoms with Gasteiger partial charge in [-0.3, -0.25) is 9.59 Å². The van der Waals surface area contributed by atoms with Crippen LogP contribution < -0.4 is 21.1 Å². The Morgan fingerprint density at radius 3 is 2.40 bits per heavy atom. The zero-order valence-electron chi connectivity index (χ0n) is 30.0. The van der Waals surface area contributed by atoms with Gasteiger partial charge in [0.05, 0.1) is 19.7 Å². The zero-order chi connectivity index (χ0) is 35.7. The van der Waals surface area contributed by atoms with Crippen molar-refractivity contribution in [3.63, 3.8) is 0 Å². The number of aromatic hydroxyl groups is 1. The summed E-state index contributed by atoms with van der Waals surface area (Å²) >= 11 is 0. The van der Waals surface area contributed by atoms with Gasteiger partial charge in [0.25, 0.3) is 0 Å². The van der Waals surface area contributed by atoms with Gasteiger partial charge in [0, 0.05) is 12.6 Å². The third-order valence-corrected chi connectivity index (χ3v) is 9.31.